The third-order valence-corrected chi connectivity index (χ3v) is 5.45. The summed E-state index contributed by atoms with van der Waals surface area (Å²) >= 11 is 0. The SMILES string of the molecule is COc1ccc(C2CC(=O)Oc3c(C(C)=O)c(O)c4c(C)cc(=O)oc4c32)c(OC)c1. The van der Waals surface area contributed by atoms with Crippen LogP contribution in [0.4, 0.5) is 0 Å². The zero-order chi connectivity index (χ0) is 22.4. The number of phenolic OH excluding ortho intramolecular Hbond substituents is 1. The molecule has 8 nitrogen and oxygen atoms in total. The van der Waals surface area contributed by atoms with E-state index in [0.717, 1.165) is 0 Å². The highest BCUT2D eigenvalue weighted by molar-refractivity contribution is 6.09. The van der Waals surface area contributed by atoms with Gasteiger partial charge in [0, 0.05) is 29.2 Å². The van der Waals surface area contributed by atoms with E-state index in [1.807, 2.05) is 0 Å². The lowest BCUT2D eigenvalue weighted by Gasteiger charge is -2.28. The molecule has 0 amide bonds. The highest BCUT2D eigenvalue weighted by Crippen LogP contribution is 2.51. The number of fused-ring (bicyclic) bond motifs is 3. The molecule has 1 aliphatic rings. The highest BCUT2D eigenvalue weighted by atomic mass is 16.5. The fraction of sp³-hybridized carbons (Fsp3) is 0.261. The van der Waals surface area contributed by atoms with Crippen molar-refractivity contribution in [3.05, 3.63) is 56.9 Å². The van der Waals surface area contributed by atoms with Gasteiger partial charge in [-0.15, -0.1) is 0 Å². The molecule has 2 aromatic carbocycles. The number of Topliss-reactive ketones (excluding diaryl/α,β-unsaturated/α-hetero) is 1. The first-order valence-electron chi connectivity index (χ1n) is 9.53. The van der Waals surface area contributed by atoms with E-state index in [9.17, 15) is 19.5 Å². The molecule has 0 saturated carbocycles. The minimum atomic E-state index is -0.650. The average molecular weight is 424 g/mol. The first-order valence-corrected chi connectivity index (χ1v) is 9.53. The molecular weight excluding hydrogens is 404 g/mol. The van der Waals surface area contributed by atoms with Crippen molar-refractivity contribution in [3.63, 3.8) is 0 Å². The smallest absolute Gasteiger partial charge is 0.336 e. The van der Waals surface area contributed by atoms with E-state index >= 15 is 0 Å². The number of ether oxygens (including phenoxy) is 3. The van der Waals surface area contributed by atoms with Crippen LogP contribution in [0, 0.1) is 6.92 Å². The zero-order valence-electron chi connectivity index (χ0n) is 17.4. The summed E-state index contributed by atoms with van der Waals surface area (Å²) in [6.07, 6.45) is -0.0788. The maximum atomic E-state index is 12.5. The van der Waals surface area contributed by atoms with Gasteiger partial charge in [-0.1, -0.05) is 6.07 Å². The number of phenols is 1. The Labute approximate surface area is 177 Å². The monoisotopic (exact) mass is 424 g/mol. The molecule has 1 aromatic heterocycles. The number of carbonyl (C=O) groups excluding carboxylic acids is 2. The molecule has 1 N–H and O–H groups in total. The lowest BCUT2D eigenvalue weighted by Crippen LogP contribution is -2.24. The first kappa shape index (κ1) is 20.5. The average Bonchev–Trinajstić information content (AvgIpc) is 2.71. The molecular formula is C23H20O8. The van der Waals surface area contributed by atoms with Crippen LogP contribution in [0.2, 0.25) is 0 Å². The maximum Gasteiger partial charge on any atom is 0.336 e. The van der Waals surface area contributed by atoms with Crippen LogP contribution >= 0.6 is 0 Å². The molecule has 160 valence electrons. The van der Waals surface area contributed by atoms with Crippen molar-refractivity contribution in [1.82, 2.24) is 0 Å². The van der Waals surface area contributed by atoms with Gasteiger partial charge in [0.05, 0.1) is 26.0 Å². The molecule has 0 fully saturated rings. The molecule has 1 atom stereocenters. The lowest BCUT2D eigenvalue weighted by molar-refractivity contribution is -0.135. The molecule has 2 heterocycles. The molecule has 0 saturated heterocycles. The minimum Gasteiger partial charge on any atom is -0.506 e. The van der Waals surface area contributed by atoms with Crippen LogP contribution in [-0.4, -0.2) is 31.1 Å². The molecule has 0 radical (unpaired) electrons. The van der Waals surface area contributed by atoms with E-state index in [1.165, 1.54) is 27.2 Å². The van der Waals surface area contributed by atoms with Crippen LogP contribution in [0.5, 0.6) is 23.0 Å². The second-order valence-corrected chi connectivity index (χ2v) is 7.31. The van der Waals surface area contributed by atoms with Crippen LogP contribution < -0.4 is 19.8 Å². The molecule has 4 rings (SSSR count). The van der Waals surface area contributed by atoms with Gasteiger partial charge in [0.2, 0.25) is 0 Å². The summed E-state index contributed by atoms with van der Waals surface area (Å²) in [5.41, 5.74) is 0.697. The molecule has 1 unspecified atom stereocenters. The van der Waals surface area contributed by atoms with Gasteiger partial charge < -0.3 is 23.7 Å². The Morgan fingerprint density at radius 3 is 2.55 bits per heavy atom. The minimum absolute atomic E-state index is 0.0675. The third kappa shape index (κ3) is 3.20. The Kier molecular flexibility index (Phi) is 4.93. The summed E-state index contributed by atoms with van der Waals surface area (Å²) in [6.45, 7) is 2.90. The second-order valence-electron chi connectivity index (χ2n) is 7.31. The quantitative estimate of drug-likeness (QED) is 0.293. The summed E-state index contributed by atoms with van der Waals surface area (Å²) in [5, 5.41) is 11.1. The Hall–Kier alpha value is -3.81. The van der Waals surface area contributed by atoms with Crippen molar-refractivity contribution < 1.29 is 33.3 Å². The van der Waals surface area contributed by atoms with Crippen molar-refractivity contribution in [2.24, 2.45) is 0 Å². The predicted molar refractivity (Wildman–Crippen MR) is 111 cm³/mol. The van der Waals surface area contributed by atoms with Gasteiger partial charge in [-0.25, -0.2) is 4.79 Å². The number of esters is 1. The fourth-order valence-corrected chi connectivity index (χ4v) is 4.11. The van der Waals surface area contributed by atoms with Gasteiger partial charge >= 0.3 is 11.6 Å². The summed E-state index contributed by atoms with van der Waals surface area (Å²) in [4.78, 5) is 37.1. The van der Waals surface area contributed by atoms with Crippen molar-refractivity contribution in [2.75, 3.05) is 14.2 Å². The van der Waals surface area contributed by atoms with Crippen LogP contribution in [-0.2, 0) is 4.79 Å². The Morgan fingerprint density at radius 2 is 1.90 bits per heavy atom. The van der Waals surface area contributed by atoms with Gasteiger partial charge in [0.25, 0.3) is 0 Å². The van der Waals surface area contributed by atoms with E-state index in [0.29, 0.717) is 28.2 Å². The molecule has 0 aliphatic carbocycles. The fourth-order valence-electron chi connectivity index (χ4n) is 4.11. The van der Waals surface area contributed by atoms with E-state index in [1.54, 1.807) is 25.1 Å². The largest absolute Gasteiger partial charge is 0.506 e. The number of rotatable bonds is 4. The van der Waals surface area contributed by atoms with Crippen molar-refractivity contribution >= 4 is 22.7 Å². The van der Waals surface area contributed by atoms with Crippen LogP contribution in [0.3, 0.4) is 0 Å². The van der Waals surface area contributed by atoms with Gasteiger partial charge in [-0.2, -0.15) is 0 Å². The number of aromatic hydroxyl groups is 1. The molecule has 0 bridgehead atoms. The summed E-state index contributed by atoms with van der Waals surface area (Å²) in [5.74, 6) is -1.22. The van der Waals surface area contributed by atoms with E-state index < -0.39 is 29.0 Å². The number of methoxy groups -OCH3 is 2. The van der Waals surface area contributed by atoms with Crippen LogP contribution in [0.1, 0.15) is 46.3 Å². The number of ketones is 1. The van der Waals surface area contributed by atoms with Crippen LogP contribution in [0.15, 0.2) is 33.5 Å². The van der Waals surface area contributed by atoms with Crippen molar-refractivity contribution in [1.29, 1.82) is 0 Å². The number of carbonyl (C=O) groups is 2. The normalized spacial score (nSPS) is 15.4. The number of benzene rings is 2. The van der Waals surface area contributed by atoms with E-state index in [-0.39, 0.29) is 28.7 Å². The Morgan fingerprint density at radius 1 is 1.16 bits per heavy atom. The van der Waals surface area contributed by atoms with Crippen LogP contribution in [0.25, 0.3) is 11.0 Å². The molecule has 31 heavy (non-hydrogen) atoms. The van der Waals surface area contributed by atoms with Crippen molar-refractivity contribution in [2.45, 2.75) is 26.2 Å². The van der Waals surface area contributed by atoms with Crippen molar-refractivity contribution in [3.8, 4) is 23.0 Å². The Bertz CT molecular complexity index is 1300. The summed E-state index contributed by atoms with van der Waals surface area (Å²) in [6, 6.07) is 6.36. The maximum absolute atomic E-state index is 12.5. The summed E-state index contributed by atoms with van der Waals surface area (Å²) < 4.78 is 21.7. The predicted octanol–water partition coefficient (Wildman–Crippen LogP) is 3.47. The molecule has 3 aromatic rings. The first-order chi connectivity index (χ1) is 14.8. The lowest BCUT2D eigenvalue weighted by atomic mass is 9.82. The second kappa shape index (κ2) is 7.46. The highest BCUT2D eigenvalue weighted by Gasteiger charge is 2.38. The topological polar surface area (TPSA) is 112 Å². The van der Waals surface area contributed by atoms with Gasteiger partial charge in [-0.3, -0.25) is 9.59 Å². The van der Waals surface area contributed by atoms with Gasteiger partial charge in [0.1, 0.15) is 28.4 Å². The zero-order valence-corrected chi connectivity index (χ0v) is 17.4. The van der Waals surface area contributed by atoms with E-state index in [2.05, 4.69) is 0 Å². The number of hydrogen-bond acceptors (Lipinski definition) is 8. The molecule has 1 aliphatic heterocycles. The van der Waals surface area contributed by atoms with Gasteiger partial charge in [-0.05, 0) is 25.5 Å². The molecule has 8 heteroatoms. The number of hydrogen-bond donors (Lipinski definition) is 1. The van der Waals surface area contributed by atoms with Gasteiger partial charge in [0.15, 0.2) is 11.5 Å². The molecule has 0 spiro atoms. The van der Waals surface area contributed by atoms with E-state index in [4.69, 9.17) is 18.6 Å². The third-order valence-electron chi connectivity index (χ3n) is 5.45. The standard InChI is InChI=1S/C23H20O8/c1-10-7-16(25)30-22-18(10)21(27)19(11(2)24)23-20(22)14(9-17(26)31-23)13-6-5-12(28-3)8-15(13)29-4/h5-8,14,27H,9H2,1-4H3. The summed E-state index contributed by atoms with van der Waals surface area (Å²) in [7, 11) is 3.01. The Balaban J connectivity index is 2.15. The number of aryl methyl sites for hydroxylation is 1.